The number of rotatable bonds is 4. The maximum absolute atomic E-state index is 4.37. The largest absolute Gasteiger partial charge is 0.312 e. The van der Waals surface area contributed by atoms with E-state index in [2.05, 4.69) is 15.3 Å². The van der Waals surface area contributed by atoms with Gasteiger partial charge in [0.15, 0.2) is 5.16 Å². The standard InChI is InChI=1S/C13H13N5S/c1-17-10-14-16-13(17)19-9-11-7-15-18(8-11)12-5-3-2-4-6-12/h2-8,10H,9H2,1H3. The third-order valence-corrected chi connectivity index (χ3v) is 3.80. The van der Waals surface area contributed by atoms with Gasteiger partial charge in [0, 0.05) is 24.6 Å². The molecule has 96 valence electrons. The van der Waals surface area contributed by atoms with Gasteiger partial charge in [0.05, 0.1) is 11.9 Å². The van der Waals surface area contributed by atoms with Crippen LogP contribution in [0.2, 0.25) is 0 Å². The zero-order valence-electron chi connectivity index (χ0n) is 10.5. The minimum Gasteiger partial charge on any atom is -0.312 e. The summed E-state index contributed by atoms with van der Waals surface area (Å²) >= 11 is 1.65. The van der Waals surface area contributed by atoms with Crippen molar-refractivity contribution in [2.75, 3.05) is 0 Å². The number of benzene rings is 1. The van der Waals surface area contributed by atoms with Crippen LogP contribution in [0, 0.1) is 0 Å². The van der Waals surface area contributed by atoms with Crippen LogP contribution in [-0.2, 0) is 12.8 Å². The lowest BCUT2D eigenvalue weighted by Gasteiger charge is -1.99. The van der Waals surface area contributed by atoms with E-state index in [1.807, 2.05) is 59.0 Å². The summed E-state index contributed by atoms with van der Waals surface area (Å²) in [4.78, 5) is 0. The molecule has 0 aliphatic heterocycles. The molecule has 3 rings (SSSR count). The van der Waals surface area contributed by atoms with Crippen LogP contribution >= 0.6 is 11.8 Å². The van der Waals surface area contributed by atoms with Gasteiger partial charge in [-0.1, -0.05) is 30.0 Å². The van der Waals surface area contributed by atoms with E-state index in [4.69, 9.17) is 0 Å². The average molecular weight is 271 g/mol. The molecule has 0 fully saturated rings. The summed E-state index contributed by atoms with van der Waals surface area (Å²) in [6.07, 6.45) is 5.63. The van der Waals surface area contributed by atoms with E-state index < -0.39 is 0 Å². The summed E-state index contributed by atoms with van der Waals surface area (Å²) < 4.78 is 3.79. The first-order valence-electron chi connectivity index (χ1n) is 5.89. The molecule has 1 aromatic carbocycles. The van der Waals surface area contributed by atoms with Crippen molar-refractivity contribution >= 4 is 11.8 Å². The predicted molar refractivity (Wildman–Crippen MR) is 74.1 cm³/mol. The fraction of sp³-hybridized carbons (Fsp3) is 0.154. The quantitative estimate of drug-likeness (QED) is 0.683. The Kier molecular flexibility index (Phi) is 3.33. The summed E-state index contributed by atoms with van der Waals surface area (Å²) in [5.41, 5.74) is 2.23. The highest BCUT2D eigenvalue weighted by molar-refractivity contribution is 7.98. The summed E-state index contributed by atoms with van der Waals surface area (Å²) in [6.45, 7) is 0. The highest BCUT2D eigenvalue weighted by Crippen LogP contribution is 2.20. The Morgan fingerprint density at radius 3 is 2.79 bits per heavy atom. The van der Waals surface area contributed by atoms with Gasteiger partial charge in [-0.15, -0.1) is 10.2 Å². The molecule has 5 nitrogen and oxygen atoms in total. The number of para-hydroxylation sites is 1. The topological polar surface area (TPSA) is 48.5 Å². The fourth-order valence-electron chi connectivity index (χ4n) is 1.71. The first-order chi connectivity index (χ1) is 9.33. The monoisotopic (exact) mass is 271 g/mol. The third-order valence-electron chi connectivity index (χ3n) is 2.69. The molecule has 0 aliphatic carbocycles. The summed E-state index contributed by atoms with van der Waals surface area (Å²) in [7, 11) is 1.94. The van der Waals surface area contributed by atoms with Gasteiger partial charge in [-0.25, -0.2) is 4.68 Å². The average Bonchev–Trinajstić information content (AvgIpc) is 3.06. The van der Waals surface area contributed by atoms with Crippen molar-refractivity contribution in [3.63, 3.8) is 0 Å². The minimum atomic E-state index is 0.833. The normalized spacial score (nSPS) is 10.8. The number of aryl methyl sites for hydroxylation is 1. The third kappa shape index (κ3) is 2.68. The van der Waals surface area contributed by atoms with Crippen molar-refractivity contribution in [3.05, 3.63) is 54.6 Å². The molecular weight excluding hydrogens is 258 g/mol. The van der Waals surface area contributed by atoms with E-state index in [1.54, 1.807) is 18.1 Å². The van der Waals surface area contributed by atoms with Crippen molar-refractivity contribution in [1.82, 2.24) is 24.5 Å². The van der Waals surface area contributed by atoms with Crippen molar-refractivity contribution in [1.29, 1.82) is 0 Å². The molecule has 3 aromatic rings. The molecule has 0 saturated carbocycles. The molecule has 2 heterocycles. The molecule has 19 heavy (non-hydrogen) atoms. The maximum atomic E-state index is 4.37. The van der Waals surface area contributed by atoms with E-state index in [1.165, 1.54) is 0 Å². The van der Waals surface area contributed by atoms with Crippen molar-refractivity contribution in [3.8, 4) is 5.69 Å². The highest BCUT2D eigenvalue weighted by Gasteiger charge is 2.04. The Balaban J connectivity index is 1.70. The van der Waals surface area contributed by atoms with Gasteiger partial charge in [-0.2, -0.15) is 5.10 Å². The van der Waals surface area contributed by atoms with E-state index in [-0.39, 0.29) is 0 Å². The molecule has 0 unspecified atom stereocenters. The van der Waals surface area contributed by atoms with Gasteiger partial charge in [0.25, 0.3) is 0 Å². The molecule has 0 amide bonds. The Morgan fingerprint density at radius 1 is 1.21 bits per heavy atom. The van der Waals surface area contributed by atoms with Gasteiger partial charge in [0.2, 0.25) is 0 Å². The van der Waals surface area contributed by atoms with Crippen LogP contribution < -0.4 is 0 Å². The van der Waals surface area contributed by atoms with Crippen LogP contribution in [0.1, 0.15) is 5.56 Å². The summed E-state index contributed by atoms with van der Waals surface area (Å²) in [5, 5.41) is 13.2. The second-order valence-corrected chi connectivity index (χ2v) is 5.08. The van der Waals surface area contributed by atoms with Crippen molar-refractivity contribution in [2.45, 2.75) is 10.9 Å². The summed E-state index contributed by atoms with van der Waals surface area (Å²) in [5.74, 6) is 0.833. The Bertz CT molecular complexity index is 658. The van der Waals surface area contributed by atoms with Gasteiger partial charge in [-0.05, 0) is 12.1 Å². The van der Waals surface area contributed by atoms with E-state index in [9.17, 15) is 0 Å². The van der Waals surface area contributed by atoms with Gasteiger partial charge >= 0.3 is 0 Å². The number of thioether (sulfide) groups is 1. The van der Waals surface area contributed by atoms with E-state index in [0.29, 0.717) is 0 Å². The zero-order chi connectivity index (χ0) is 13.1. The molecule has 6 heteroatoms. The first kappa shape index (κ1) is 12.0. The minimum absolute atomic E-state index is 0.833. The molecule has 0 aliphatic rings. The molecule has 0 atom stereocenters. The number of hydrogen-bond donors (Lipinski definition) is 0. The van der Waals surface area contributed by atoms with Crippen molar-refractivity contribution in [2.24, 2.45) is 7.05 Å². The maximum Gasteiger partial charge on any atom is 0.191 e. The van der Waals surface area contributed by atoms with Crippen LogP contribution in [0.5, 0.6) is 0 Å². The van der Waals surface area contributed by atoms with E-state index in [0.717, 1.165) is 22.2 Å². The van der Waals surface area contributed by atoms with Gasteiger partial charge in [-0.3, -0.25) is 0 Å². The zero-order valence-corrected chi connectivity index (χ0v) is 11.3. The van der Waals surface area contributed by atoms with Gasteiger partial charge in [0.1, 0.15) is 6.33 Å². The highest BCUT2D eigenvalue weighted by atomic mass is 32.2. The molecule has 0 bridgehead atoms. The smallest absolute Gasteiger partial charge is 0.191 e. The van der Waals surface area contributed by atoms with Crippen LogP contribution in [0.25, 0.3) is 5.69 Å². The Labute approximate surface area is 115 Å². The number of nitrogens with zero attached hydrogens (tertiary/aromatic N) is 5. The van der Waals surface area contributed by atoms with Crippen molar-refractivity contribution < 1.29 is 0 Å². The lowest BCUT2D eigenvalue weighted by molar-refractivity contribution is 0.788. The van der Waals surface area contributed by atoms with Crippen LogP contribution in [0.4, 0.5) is 0 Å². The van der Waals surface area contributed by atoms with Crippen LogP contribution in [-0.4, -0.2) is 24.5 Å². The Hall–Kier alpha value is -2.08. The number of aromatic nitrogens is 5. The SMILES string of the molecule is Cn1cnnc1SCc1cnn(-c2ccccc2)c1. The Morgan fingerprint density at radius 2 is 2.05 bits per heavy atom. The molecule has 0 N–H and O–H groups in total. The van der Waals surface area contributed by atoms with E-state index >= 15 is 0 Å². The van der Waals surface area contributed by atoms with Crippen LogP contribution in [0.15, 0.2) is 54.2 Å². The molecule has 0 saturated heterocycles. The molecule has 0 spiro atoms. The van der Waals surface area contributed by atoms with Crippen LogP contribution in [0.3, 0.4) is 0 Å². The second kappa shape index (κ2) is 5.27. The molecule has 2 aromatic heterocycles. The fourth-order valence-corrected chi connectivity index (χ4v) is 2.51. The predicted octanol–water partition coefficient (Wildman–Crippen LogP) is 2.29. The number of hydrogen-bond acceptors (Lipinski definition) is 4. The molecular formula is C13H13N5S. The lowest BCUT2D eigenvalue weighted by Crippen LogP contribution is -1.92. The molecule has 0 radical (unpaired) electrons. The van der Waals surface area contributed by atoms with Gasteiger partial charge < -0.3 is 4.57 Å². The summed E-state index contributed by atoms with van der Waals surface area (Å²) in [6, 6.07) is 10.1. The second-order valence-electron chi connectivity index (χ2n) is 4.14. The first-order valence-corrected chi connectivity index (χ1v) is 6.87. The lowest BCUT2D eigenvalue weighted by atomic mass is 10.3.